The predicted molar refractivity (Wildman–Crippen MR) is 91.0 cm³/mol. The average Bonchev–Trinajstić information content (AvgIpc) is 2.61. The minimum absolute atomic E-state index is 0.266. The van der Waals surface area contributed by atoms with Gasteiger partial charge in [-0.2, -0.15) is 0 Å². The van der Waals surface area contributed by atoms with Gasteiger partial charge in [-0.3, -0.25) is 9.59 Å². The van der Waals surface area contributed by atoms with Crippen molar-refractivity contribution in [1.29, 1.82) is 0 Å². The molecule has 0 saturated heterocycles. The van der Waals surface area contributed by atoms with Crippen LogP contribution in [0, 0.1) is 0 Å². The highest BCUT2D eigenvalue weighted by Gasteiger charge is 2.15. The molecule has 0 aliphatic carbocycles. The molecule has 2 aromatic rings. The number of aliphatic carboxylic acids is 1. The molecule has 5 N–H and O–H groups in total. The van der Waals surface area contributed by atoms with E-state index in [0.717, 1.165) is 11.1 Å². The molecule has 0 aromatic heterocycles. The second-order valence-electron chi connectivity index (χ2n) is 4.99. The van der Waals surface area contributed by atoms with Crippen LogP contribution in [0.2, 0.25) is 0 Å². The fraction of sp³-hybridized carbons (Fsp3) is 0.222. The maximum absolute atomic E-state index is 11.8. The van der Waals surface area contributed by atoms with E-state index in [1.165, 1.54) is 0 Å². The van der Waals surface area contributed by atoms with Crippen LogP contribution in [0.25, 0.3) is 0 Å². The molecule has 0 heterocycles. The van der Waals surface area contributed by atoms with E-state index in [-0.39, 0.29) is 19.1 Å². The summed E-state index contributed by atoms with van der Waals surface area (Å²) in [6.45, 7) is -0.0117. The second kappa shape index (κ2) is 10.9. The van der Waals surface area contributed by atoms with E-state index < -0.39 is 12.0 Å². The summed E-state index contributed by atoms with van der Waals surface area (Å²) in [5.41, 5.74) is 12.4. The number of nitrogens with two attached hydrogens (primary N) is 2. The van der Waals surface area contributed by atoms with Gasteiger partial charge in [0.15, 0.2) is 0 Å². The summed E-state index contributed by atoms with van der Waals surface area (Å²) >= 11 is 0. The Labute approximate surface area is 141 Å². The number of esters is 1. The number of carbonyl (C=O) groups excluding carboxylic acids is 1. The van der Waals surface area contributed by atoms with E-state index in [9.17, 15) is 9.59 Å². The third-order valence-corrected chi connectivity index (χ3v) is 3.00. The molecule has 0 amide bonds. The smallest absolute Gasteiger partial charge is 0.323 e. The zero-order valence-corrected chi connectivity index (χ0v) is 13.3. The van der Waals surface area contributed by atoms with Gasteiger partial charge in [-0.1, -0.05) is 60.7 Å². The number of ether oxygens (including phenoxy) is 1. The number of carboxylic acid groups (broad SMARTS) is 1. The van der Waals surface area contributed by atoms with Crippen molar-refractivity contribution in [3.8, 4) is 0 Å². The molecule has 1 atom stereocenters. The maximum atomic E-state index is 11.8. The van der Waals surface area contributed by atoms with Gasteiger partial charge in [-0.05, 0) is 17.5 Å². The quantitative estimate of drug-likeness (QED) is 0.688. The molecule has 0 aliphatic rings. The predicted octanol–water partition coefficient (Wildman–Crippen LogP) is 1.33. The number of carboxylic acids is 1. The minimum Gasteiger partial charge on any atom is -0.480 e. The van der Waals surface area contributed by atoms with Crippen molar-refractivity contribution in [2.24, 2.45) is 11.5 Å². The Hall–Kier alpha value is -2.70. The molecule has 0 spiro atoms. The summed E-state index contributed by atoms with van der Waals surface area (Å²) in [6, 6.07) is 18.6. The Bertz CT molecular complexity index is 617. The first-order valence-electron chi connectivity index (χ1n) is 7.45. The van der Waals surface area contributed by atoms with Crippen LogP contribution in [0.4, 0.5) is 0 Å². The molecular weight excluding hydrogens is 308 g/mol. The van der Waals surface area contributed by atoms with E-state index in [1.54, 1.807) is 0 Å². The van der Waals surface area contributed by atoms with Crippen LogP contribution in [0.5, 0.6) is 0 Å². The van der Waals surface area contributed by atoms with Crippen molar-refractivity contribution in [2.45, 2.75) is 19.1 Å². The number of rotatable bonds is 6. The third-order valence-electron chi connectivity index (χ3n) is 3.00. The second-order valence-corrected chi connectivity index (χ2v) is 4.99. The van der Waals surface area contributed by atoms with Crippen LogP contribution in [0.3, 0.4) is 0 Å². The lowest BCUT2D eigenvalue weighted by atomic mass is 10.1. The number of carbonyl (C=O) groups is 2. The van der Waals surface area contributed by atoms with E-state index in [4.69, 9.17) is 15.6 Å². The molecule has 2 aromatic carbocycles. The van der Waals surface area contributed by atoms with Gasteiger partial charge >= 0.3 is 11.9 Å². The highest BCUT2D eigenvalue weighted by molar-refractivity contribution is 5.75. The lowest BCUT2D eigenvalue weighted by Crippen LogP contribution is -2.34. The Morgan fingerprint density at radius 2 is 1.42 bits per heavy atom. The Kier molecular flexibility index (Phi) is 8.81. The van der Waals surface area contributed by atoms with E-state index in [0.29, 0.717) is 6.42 Å². The number of benzene rings is 2. The first-order valence-corrected chi connectivity index (χ1v) is 7.45. The monoisotopic (exact) mass is 330 g/mol. The topological polar surface area (TPSA) is 116 Å². The summed E-state index contributed by atoms with van der Waals surface area (Å²) in [5.74, 6) is -1.34. The summed E-state index contributed by atoms with van der Waals surface area (Å²) < 4.78 is 5.20. The van der Waals surface area contributed by atoms with Crippen LogP contribution in [0.15, 0.2) is 60.7 Å². The lowest BCUT2D eigenvalue weighted by molar-refractivity contribution is -0.146. The molecular formula is C18H22N2O4. The molecule has 0 bridgehead atoms. The van der Waals surface area contributed by atoms with Gasteiger partial charge in [0.2, 0.25) is 0 Å². The van der Waals surface area contributed by atoms with Crippen molar-refractivity contribution < 1.29 is 19.4 Å². The zero-order valence-electron chi connectivity index (χ0n) is 13.3. The Morgan fingerprint density at radius 1 is 0.958 bits per heavy atom. The first-order chi connectivity index (χ1) is 11.5. The first kappa shape index (κ1) is 19.3. The molecule has 0 fully saturated rings. The van der Waals surface area contributed by atoms with Crippen LogP contribution in [-0.2, 0) is 27.4 Å². The summed E-state index contributed by atoms with van der Waals surface area (Å²) in [6.07, 6.45) is 0.495. The average molecular weight is 330 g/mol. The normalized spacial score (nSPS) is 10.9. The van der Waals surface area contributed by atoms with Gasteiger partial charge in [0.25, 0.3) is 0 Å². The SMILES string of the molecule is NC(Cc1ccccc1)C(=O)OCc1ccccc1.NCC(=O)O. The number of hydrogen-bond acceptors (Lipinski definition) is 5. The number of hydrogen-bond donors (Lipinski definition) is 3. The van der Waals surface area contributed by atoms with E-state index >= 15 is 0 Å². The maximum Gasteiger partial charge on any atom is 0.323 e. The van der Waals surface area contributed by atoms with Crippen molar-refractivity contribution >= 4 is 11.9 Å². The van der Waals surface area contributed by atoms with Crippen molar-refractivity contribution in [3.05, 3.63) is 71.8 Å². The molecule has 0 saturated carbocycles. The summed E-state index contributed by atoms with van der Waals surface area (Å²) in [4.78, 5) is 21.0. The molecule has 1 unspecified atom stereocenters. The molecule has 24 heavy (non-hydrogen) atoms. The third kappa shape index (κ3) is 8.07. The fourth-order valence-electron chi connectivity index (χ4n) is 1.79. The van der Waals surface area contributed by atoms with Gasteiger partial charge in [0, 0.05) is 0 Å². The molecule has 6 heteroatoms. The summed E-state index contributed by atoms with van der Waals surface area (Å²) in [5, 5.41) is 7.60. The summed E-state index contributed by atoms with van der Waals surface area (Å²) in [7, 11) is 0. The standard InChI is InChI=1S/C16H17NO2.C2H5NO2/c17-15(11-13-7-3-1-4-8-13)16(18)19-12-14-9-5-2-6-10-14;3-1-2(4)5/h1-10,15H,11-12,17H2;1,3H2,(H,4,5). The van der Waals surface area contributed by atoms with Gasteiger partial charge in [-0.15, -0.1) is 0 Å². The highest BCUT2D eigenvalue weighted by Crippen LogP contribution is 2.05. The van der Waals surface area contributed by atoms with Gasteiger partial charge in [0.1, 0.15) is 12.6 Å². The molecule has 0 radical (unpaired) electrons. The Morgan fingerprint density at radius 3 is 1.88 bits per heavy atom. The fourth-order valence-corrected chi connectivity index (χ4v) is 1.79. The molecule has 128 valence electrons. The minimum atomic E-state index is -0.968. The van der Waals surface area contributed by atoms with Crippen LogP contribution in [-0.4, -0.2) is 29.6 Å². The van der Waals surface area contributed by atoms with E-state index in [2.05, 4.69) is 5.73 Å². The van der Waals surface area contributed by atoms with Gasteiger partial charge in [0.05, 0.1) is 6.54 Å². The van der Waals surface area contributed by atoms with Crippen LogP contribution in [0.1, 0.15) is 11.1 Å². The molecule has 2 rings (SSSR count). The molecule has 6 nitrogen and oxygen atoms in total. The van der Waals surface area contributed by atoms with Crippen molar-refractivity contribution in [1.82, 2.24) is 0 Å². The lowest BCUT2D eigenvalue weighted by Gasteiger charge is -2.11. The highest BCUT2D eigenvalue weighted by atomic mass is 16.5. The zero-order chi connectivity index (χ0) is 17.8. The largest absolute Gasteiger partial charge is 0.480 e. The van der Waals surface area contributed by atoms with Crippen LogP contribution >= 0.6 is 0 Å². The Balaban J connectivity index is 0.000000505. The molecule has 0 aliphatic heterocycles. The van der Waals surface area contributed by atoms with E-state index in [1.807, 2.05) is 60.7 Å². The van der Waals surface area contributed by atoms with Crippen molar-refractivity contribution in [3.63, 3.8) is 0 Å². The van der Waals surface area contributed by atoms with Gasteiger partial charge in [-0.25, -0.2) is 0 Å². The van der Waals surface area contributed by atoms with Crippen LogP contribution < -0.4 is 11.5 Å². The van der Waals surface area contributed by atoms with Gasteiger partial charge < -0.3 is 21.3 Å². The van der Waals surface area contributed by atoms with Crippen molar-refractivity contribution in [2.75, 3.05) is 6.54 Å².